The summed E-state index contributed by atoms with van der Waals surface area (Å²) in [6.07, 6.45) is 1.52. The average molecular weight is 321 g/mol. The first kappa shape index (κ1) is 14.3. The van der Waals surface area contributed by atoms with Crippen molar-refractivity contribution in [3.8, 4) is 0 Å². The highest BCUT2D eigenvalue weighted by molar-refractivity contribution is 7.16. The van der Waals surface area contributed by atoms with Crippen molar-refractivity contribution in [3.63, 3.8) is 0 Å². The quantitative estimate of drug-likeness (QED) is 0.677. The van der Waals surface area contributed by atoms with Gasteiger partial charge in [-0.15, -0.1) is 11.3 Å². The van der Waals surface area contributed by atoms with Gasteiger partial charge >= 0.3 is 0 Å². The zero-order valence-corrected chi connectivity index (χ0v) is 12.7. The number of ether oxygens (including phenoxy) is 1. The normalized spacial score (nSPS) is 11.1. The lowest BCUT2D eigenvalue weighted by Gasteiger charge is -2.07. The molecule has 6 heteroatoms. The highest BCUT2D eigenvalue weighted by atomic mass is 35.5. The molecule has 0 aliphatic rings. The van der Waals surface area contributed by atoms with Crippen LogP contribution in [-0.4, -0.2) is 16.2 Å². The lowest BCUT2D eigenvalue weighted by molar-refractivity contribution is 0.112. The van der Waals surface area contributed by atoms with Gasteiger partial charge in [-0.05, 0) is 5.56 Å². The molecule has 0 radical (unpaired) electrons. The van der Waals surface area contributed by atoms with Crippen molar-refractivity contribution < 1.29 is 4.74 Å². The van der Waals surface area contributed by atoms with Gasteiger partial charge in [-0.3, -0.25) is 9.36 Å². The molecule has 0 aliphatic carbocycles. The summed E-state index contributed by atoms with van der Waals surface area (Å²) in [5.74, 6) is 0. The fourth-order valence-electron chi connectivity index (χ4n) is 2.02. The number of thiophene rings is 1. The van der Waals surface area contributed by atoms with Crippen molar-refractivity contribution >= 4 is 33.8 Å². The van der Waals surface area contributed by atoms with Gasteiger partial charge in [-0.2, -0.15) is 0 Å². The van der Waals surface area contributed by atoms with Gasteiger partial charge in [0, 0.05) is 5.38 Å². The zero-order chi connectivity index (χ0) is 14.7. The maximum Gasteiger partial charge on any atom is 0.262 e. The average Bonchev–Trinajstić information content (AvgIpc) is 2.89. The molecule has 4 nitrogen and oxygen atoms in total. The number of benzene rings is 1. The molecule has 2 heterocycles. The van der Waals surface area contributed by atoms with Gasteiger partial charge in [-0.25, -0.2) is 4.98 Å². The van der Waals surface area contributed by atoms with E-state index < -0.39 is 0 Å². The number of nitrogens with zero attached hydrogens (tertiary/aromatic N) is 2. The Morgan fingerprint density at radius 1 is 1.29 bits per heavy atom. The molecule has 1 aromatic carbocycles. The summed E-state index contributed by atoms with van der Waals surface area (Å²) in [4.78, 5) is 16.4. The Kier molecular flexibility index (Phi) is 4.34. The second-order valence-electron chi connectivity index (χ2n) is 4.55. The third-order valence-corrected chi connectivity index (χ3v) is 4.33. The van der Waals surface area contributed by atoms with Crippen LogP contribution in [0.1, 0.15) is 5.56 Å². The van der Waals surface area contributed by atoms with E-state index in [-0.39, 0.29) is 5.56 Å². The molecule has 0 saturated heterocycles. The molecule has 21 heavy (non-hydrogen) atoms. The van der Waals surface area contributed by atoms with Gasteiger partial charge in [0.05, 0.1) is 31.5 Å². The summed E-state index contributed by atoms with van der Waals surface area (Å²) >= 11 is 7.30. The third kappa shape index (κ3) is 3.15. The topological polar surface area (TPSA) is 44.1 Å². The Morgan fingerprint density at radius 2 is 2.10 bits per heavy atom. The lowest BCUT2D eigenvalue weighted by Crippen LogP contribution is -2.22. The van der Waals surface area contributed by atoms with Crippen LogP contribution in [0.5, 0.6) is 0 Å². The first-order chi connectivity index (χ1) is 10.3. The first-order valence-corrected chi connectivity index (χ1v) is 7.75. The van der Waals surface area contributed by atoms with E-state index in [1.807, 2.05) is 30.3 Å². The molecular formula is C15H13ClN2O2S. The van der Waals surface area contributed by atoms with Crippen LogP contribution in [-0.2, 0) is 17.9 Å². The number of halogens is 1. The molecule has 0 fully saturated rings. The van der Waals surface area contributed by atoms with E-state index in [2.05, 4.69) is 4.98 Å². The maximum absolute atomic E-state index is 12.2. The molecule has 0 spiro atoms. The van der Waals surface area contributed by atoms with Crippen LogP contribution in [0.2, 0.25) is 4.34 Å². The zero-order valence-electron chi connectivity index (χ0n) is 11.2. The van der Waals surface area contributed by atoms with Gasteiger partial charge in [0.2, 0.25) is 0 Å². The molecule has 2 aromatic heterocycles. The van der Waals surface area contributed by atoms with E-state index in [0.29, 0.717) is 35.0 Å². The number of aromatic nitrogens is 2. The van der Waals surface area contributed by atoms with Gasteiger partial charge < -0.3 is 4.74 Å². The fourth-order valence-corrected chi connectivity index (χ4v) is 3.01. The van der Waals surface area contributed by atoms with Crippen LogP contribution in [0.25, 0.3) is 10.9 Å². The minimum atomic E-state index is -0.0774. The van der Waals surface area contributed by atoms with E-state index in [1.54, 1.807) is 9.95 Å². The standard InChI is InChI=1S/C15H13ClN2O2S/c16-14-13-12(9-21-14)15(19)18(10-17-13)6-7-20-8-11-4-2-1-3-5-11/h1-5,9-10H,6-8H2. The van der Waals surface area contributed by atoms with Gasteiger partial charge in [0.25, 0.3) is 5.56 Å². The van der Waals surface area contributed by atoms with E-state index in [0.717, 1.165) is 5.56 Å². The molecule has 0 amide bonds. The Labute approximate surface area is 130 Å². The SMILES string of the molecule is O=c1c2csc(Cl)c2ncn1CCOCc1ccccc1. The number of fused-ring (bicyclic) bond motifs is 1. The Morgan fingerprint density at radius 3 is 2.90 bits per heavy atom. The molecule has 3 aromatic rings. The second-order valence-corrected chi connectivity index (χ2v) is 6.03. The Bertz CT molecular complexity index is 798. The van der Waals surface area contributed by atoms with Gasteiger partial charge in [-0.1, -0.05) is 41.9 Å². The summed E-state index contributed by atoms with van der Waals surface area (Å²) in [6.45, 7) is 1.47. The molecule has 0 atom stereocenters. The number of hydrogen-bond donors (Lipinski definition) is 0. The van der Waals surface area contributed by atoms with E-state index in [4.69, 9.17) is 16.3 Å². The molecule has 0 aliphatic heterocycles. The molecule has 0 unspecified atom stereocenters. The molecule has 3 rings (SSSR count). The van der Waals surface area contributed by atoms with Crippen LogP contribution < -0.4 is 5.56 Å². The fraction of sp³-hybridized carbons (Fsp3) is 0.200. The van der Waals surface area contributed by atoms with Crippen molar-refractivity contribution in [1.82, 2.24) is 9.55 Å². The summed E-state index contributed by atoms with van der Waals surface area (Å²) in [6, 6.07) is 9.93. The third-order valence-electron chi connectivity index (χ3n) is 3.13. The lowest BCUT2D eigenvalue weighted by atomic mass is 10.2. The monoisotopic (exact) mass is 320 g/mol. The smallest absolute Gasteiger partial charge is 0.262 e. The minimum Gasteiger partial charge on any atom is -0.375 e. The molecule has 108 valence electrons. The van der Waals surface area contributed by atoms with Gasteiger partial charge in [0.15, 0.2) is 0 Å². The maximum atomic E-state index is 12.2. The number of rotatable bonds is 5. The molecular weight excluding hydrogens is 308 g/mol. The highest BCUT2D eigenvalue weighted by Crippen LogP contribution is 2.25. The van der Waals surface area contributed by atoms with Crippen molar-refractivity contribution in [3.05, 3.63) is 62.3 Å². The Balaban J connectivity index is 1.63. The number of hydrogen-bond acceptors (Lipinski definition) is 4. The van der Waals surface area contributed by atoms with Crippen LogP contribution >= 0.6 is 22.9 Å². The van der Waals surface area contributed by atoms with Crippen molar-refractivity contribution in [2.75, 3.05) is 6.61 Å². The summed E-state index contributed by atoms with van der Waals surface area (Å²) in [5.41, 5.74) is 1.61. The van der Waals surface area contributed by atoms with Crippen molar-refractivity contribution in [2.24, 2.45) is 0 Å². The van der Waals surface area contributed by atoms with Gasteiger partial charge in [0.1, 0.15) is 9.85 Å². The van der Waals surface area contributed by atoms with Crippen LogP contribution in [0.4, 0.5) is 0 Å². The molecule has 0 bridgehead atoms. The van der Waals surface area contributed by atoms with E-state index in [9.17, 15) is 4.79 Å². The highest BCUT2D eigenvalue weighted by Gasteiger charge is 2.08. The predicted octanol–water partition coefficient (Wildman–Crippen LogP) is 3.33. The van der Waals surface area contributed by atoms with E-state index >= 15 is 0 Å². The van der Waals surface area contributed by atoms with E-state index in [1.165, 1.54) is 17.7 Å². The minimum absolute atomic E-state index is 0.0774. The summed E-state index contributed by atoms with van der Waals surface area (Å²) in [5, 5.41) is 2.31. The van der Waals surface area contributed by atoms with Crippen LogP contribution in [0.3, 0.4) is 0 Å². The molecule has 0 N–H and O–H groups in total. The second kappa shape index (κ2) is 6.39. The summed E-state index contributed by atoms with van der Waals surface area (Å²) in [7, 11) is 0. The largest absolute Gasteiger partial charge is 0.375 e. The van der Waals surface area contributed by atoms with Crippen molar-refractivity contribution in [1.29, 1.82) is 0 Å². The molecule has 0 saturated carbocycles. The van der Waals surface area contributed by atoms with Crippen LogP contribution in [0, 0.1) is 0 Å². The first-order valence-electron chi connectivity index (χ1n) is 6.49. The predicted molar refractivity (Wildman–Crippen MR) is 85.0 cm³/mol. The van der Waals surface area contributed by atoms with Crippen molar-refractivity contribution in [2.45, 2.75) is 13.2 Å². The van der Waals surface area contributed by atoms with Crippen LogP contribution in [0.15, 0.2) is 46.8 Å². The summed E-state index contributed by atoms with van der Waals surface area (Å²) < 4.78 is 7.69. The Hall–Kier alpha value is -1.69.